The highest BCUT2D eigenvalue weighted by Gasteiger charge is 2.13. The van der Waals surface area contributed by atoms with Crippen molar-refractivity contribution in [3.05, 3.63) is 66.1 Å². The van der Waals surface area contributed by atoms with Crippen LogP contribution in [0.15, 0.2) is 53.3 Å². The van der Waals surface area contributed by atoms with Crippen LogP contribution in [0.1, 0.15) is 11.5 Å². The van der Waals surface area contributed by atoms with E-state index in [1.165, 1.54) is 12.4 Å². The predicted molar refractivity (Wildman–Crippen MR) is 82.1 cm³/mol. The molecule has 0 unspecified atom stereocenters. The van der Waals surface area contributed by atoms with E-state index in [0.717, 1.165) is 11.2 Å². The zero-order valence-corrected chi connectivity index (χ0v) is 12.0. The summed E-state index contributed by atoms with van der Waals surface area (Å²) in [5.41, 5.74) is 8.30. The summed E-state index contributed by atoms with van der Waals surface area (Å²) in [5.74, 6) is 0.692. The maximum atomic E-state index is 13.8. The molecule has 0 aliphatic rings. The summed E-state index contributed by atoms with van der Waals surface area (Å²) in [5, 5.41) is 8.12. The summed E-state index contributed by atoms with van der Waals surface area (Å²) in [6.07, 6.45) is 1.86. The van der Waals surface area contributed by atoms with Crippen LogP contribution in [0.25, 0.3) is 16.8 Å². The number of anilines is 1. The van der Waals surface area contributed by atoms with Gasteiger partial charge in [-0.1, -0.05) is 17.3 Å². The molecule has 0 saturated carbocycles. The number of nitrogens with zero attached hydrogens (tertiary/aromatic N) is 4. The Morgan fingerprint density at radius 2 is 2.04 bits per heavy atom. The Morgan fingerprint density at radius 1 is 1.17 bits per heavy atom. The lowest BCUT2D eigenvalue weighted by Crippen LogP contribution is -2.02. The number of aromatic nitrogens is 4. The van der Waals surface area contributed by atoms with Gasteiger partial charge in [-0.3, -0.25) is 0 Å². The molecule has 114 valence electrons. The number of rotatable bonds is 3. The van der Waals surface area contributed by atoms with Crippen molar-refractivity contribution < 1.29 is 8.91 Å². The summed E-state index contributed by atoms with van der Waals surface area (Å²) in [4.78, 5) is 3.95. The van der Waals surface area contributed by atoms with Crippen molar-refractivity contribution in [1.82, 2.24) is 19.8 Å². The Labute approximate surface area is 130 Å². The van der Waals surface area contributed by atoms with E-state index in [0.29, 0.717) is 29.3 Å². The van der Waals surface area contributed by atoms with Crippen LogP contribution in [-0.2, 0) is 6.42 Å². The van der Waals surface area contributed by atoms with Crippen molar-refractivity contribution in [2.45, 2.75) is 6.42 Å². The first-order valence-corrected chi connectivity index (χ1v) is 7.00. The summed E-state index contributed by atoms with van der Waals surface area (Å²) in [6, 6.07) is 11.9. The molecule has 7 heteroatoms. The third-order valence-electron chi connectivity index (χ3n) is 3.62. The van der Waals surface area contributed by atoms with Crippen molar-refractivity contribution in [1.29, 1.82) is 0 Å². The molecule has 4 rings (SSSR count). The molecular weight excluding hydrogens is 297 g/mol. The standard InChI is InChI=1S/C16H12FN5O/c17-13-4-2-1-3-12(13)14-8-11(23-21-14)7-10-5-6-15-16(18)19-9-20-22(10)15/h1-6,8-9H,7H2,(H2,18,19,20). The molecule has 0 fully saturated rings. The van der Waals surface area contributed by atoms with E-state index in [1.54, 1.807) is 28.8 Å². The van der Waals surface area contributed by atoms with Gasteiger partial charge in [0.25, 0.3) is 0 Å². The highest BCUT2D eigenvalue weighted by atomic mass is 19.1. The molecule has 0 atom stereocenters. The van der Waals surface area contributed by atoms with Crippen molar-refractivity contribution >= 4 is 11.3 Å². The third kappa shape index (κ3) is 2.32. The van der Waals surface area contributed by atoms with E-state index < -0.39 is 0 Å². The van der Waals surface area contributed by atoms with Gasteiger partial charge in [0.2, 0.25) is 0 Å². The van der Waals surface area contributed by atoms with Gasteiger partial charge in [-0.15, -0.1) is 0 Å². The van der Waals surface area contributed by atoms with E-state index >= 15 is 0 Å². The lowest BCUT2D eigenvalue weighted by Gasteiger charge is -2.00. The van der Waals surface area contributed by atoms with Crippen LogP contribution in [0, 0.1) is 5.82 Å². The van der Waals surface area contributed by atoms with E-state index in [-0.39, 0.29) is 5.82 Å². The molecule has 0 radical (unpaired) electrons. The zero-order chi connectivity index (χ0) is 15.8. The first-order chi connectivity index (χ1) is 11.2. The molecule has 3 heterocycles. The highest BCUT2D eigenvalue weighted by Crippen LogP contribution is 2.24. The fourth-order valence-electron chi connectivity index (χ4n) is 2.51. The molecule has 2 N–H and O–H groups in total. The predicted octanol–water partition coefficient (Wildman–Crippen LogP) is 2.70. The number of hydrogen-bond acceptors (Lipinski definition) is 5. The summed E-state index contributed by atoms with van der Waals surface area (Å²) in [7, 11) is 0. The largest absolute Gasteiger partial charge is 0.382 e. The smallest absolute Gasteiger partial charge is 0.151 e. The average Bonchev–Trinajstić information content (AvgIpc) is 3.17. The fourth-order valence-corrected chi connectivity index (χ4v) is 2.51. The van der Waals surface area contributed by atoms with Gasteiger partial charge in [0.05, 0.1) is 12.1 Å². The van der Waals surface area contributed by atoms with Gasteiger partial charge in [-0.05, 0) is 24.3 Å². The molecule has 3 aromatic heterocycles. The second-order valence-corrected chi connectivity index (χ2v) is 5.10. The number of nitrogen functional groups attached to an aromatic ring is 1. The van der Waals surface area contributed by atoms with E-state index in [1.807, 2.05) is 12.1 Å². The maximum absolute atomic E-state index is 13.8. The van der Waals surface area contributed by atoms with Gasteiger partial charge < -0.3 is 10.3 Å². The van der Waals surface area contributed by atoms with Gasteiger partial charge in [-0.25, -0.2) is 13.9 Å². The Hall–Kier alpha value is -3.22. The van der Waals surface area contributed by atoms with Crippen LogP contribution >= 0.6 is 0 Å². The Kier molecular flexibility index (Phi) is 3.04. The van der Waals surface area contributed by atoms with Gasteiger partial charge in [0.1, 0.15) is 29.1 Å². The molecule has 0 bridgehead atoms. The summed E-state index contributed by atoms with van der Waals surface area (Å²) >= 11 is 0. The van der Waals surface area contributed by atoms with Crippen LogP contribution in [0.2, 0.25) is 0 Å². The molecule has 0 aliphatic heterocycles. The first kappa shape index (κ1) is 13.4. The minimum atomic E-state index is -0.332. The number of nitrogens with two attached hydrogens (primary N) is 1. The normalized spacial score (nSPS) is 11.2. The molecule has 0 amide bonds. The van der Waals surface area contributed by atoms with Crippen LogP contribution in [-0.4, -0.2) is 19.8 Å². The summed E-state index contributed by atoms with van der Waals surface area (Å²) in [6.45, 7) is 0. The first-order valence-electron chi connectivity index (χ1n) is 7.00. The van der Waals surface area contributed by atoms with Gasteiger partial charge in [0, 0.05) is 11.6 Å². The van der Waals surface area contributed by atoms with Crippen LogP contribution in [0.4, 0.5) is 10.2 Å². The minimum absolute atomic E-state index is 0.332. The SMILES string of the molecule is Nc1ncnn2c(Cc3cc(-c4ccccc4F)no3)ccc12. The number of hydrogen-bond donors (Lipinski definition) is 1. The number of halogens is 1. The lowest BCUT2D eigenvalue weighted by molar-refractivity contribution is 0.390. The molecule has 4 aromatic rings. The second-order valence-electron chi connectivity index (χ2n) is 5.10. The Morgan fingerprint density at radius 3 is 2.91 bits per heavy atom. The van der Waals surface area contributed by atoms with Crippen molar-refractivity contribution in [2.75, 3.05) is 5.73 Å². The second kappa shape index (κ2) is 5.20. The molecular formula is C16H12FN5O. The van der Waals surface area contributed by atoms with Crippen LogP contribution in [0.3, 0.4) is 0 Å². The van der Waals surface area contributed by atoms with Crippen molar-refractivity contribution in [3.8, 4) is 11.3 Å². The van der Waals surface area contributed by atoms with Gasteiger partial charge in [-0.2, -0.15) is 5.10 Å². The van der Waals surface area contributed by atoms with Crippen molar-refractivity contribution in [2.24, 2.45) is 0 Å². The van der Waals surface area contributed by atoms with Crippen LogP contribution in [0.5, 0.6) is 0 Å². The van der Waals surface area contributed by atoms with E-state index in [9.17, 15) is 4.39 Å². The minimum Gasteiger partial charge on any atom is -0.382 e. The molecule has 0 saturated heterocycles. The quantitative estimate of drug-likeness (QED) is 0.629. The number of benzene rings is 1. The molecule has 23 heavy (non-hydrogen) atoms. The van der Waals surface area contributed by atoms with E-state index in [2.05, 4.69) is 15.2 Å². The Bertz CT molecular complexity index is 991. The molecule has 1 aromatic carbocycles. The maximum Gasteiger partial charge on any atom is 0.151 e. The van der Waals surface area contributed by atoms with Crippen molar-refractivity contribution in [3.63, 3.8) is 0 Å². The topological polar surface area (TPSA) is 82.2 Å². The highest BCUT2D eigenvalue weighted by molar-refractivity contribution is 5.65. The fraction of sp³-hybridized carbons (Fsp3) is 0.0625. The van der Waals surface area contributed by atoms with Gasteiger partial charge in [0.15, 0.2) is 5.82 Å². The molecule has 0 spiro atoms. The van der Waals surface area contributed by atoms with Crippen LogP contribution < -0.4 is 5.73 Å². The average molecular weight is 309 g/mol. The Balaban J connectivity index is 1.67. The summed E-state index contributed by atoms with van der Waals surface area (Å²) < 4.78 is 20.8. The monoisotopic (exact) mass is 309 g/mol. The molecule has 0 aliphatic carbocycles. The lowest BCUT2D eigenvalue weighted by atomic mass is 10.1. The number of fused-ring (bicyclic) bond motifs is 1. The van der Waals surface area contributed by atoms with Gasteiger partial charge >= 0.3 is 0 Å². The molecule has 6 nitrogen and oxygen atoms in total. The van der Waals surface area contributed by atoms with E-state index in [4.69, 9.17) is 10.3 Å². The zero-order valence-electron chi connectivity index (χ0n) is 12.0. The third-order valence-corrected chi connectivity index (χ3v) is 3.62.